The molecule has 5 atom stereocenters. The molecule has 0 aromatic carbocycles. The smallest absolute Gasteiger partial charge is 0.188 e. The number of aliphatic hydroxyl groups is 4. The molecule has 6 heteroatoms. The van der Waals surface area contributed by atoms with Gasteiger partial charge < -0.3 is 29.9 Å². The van der Waals surface area contributed by atoms with Gasteiger partial charge in [0.05, 0.1) is 0 Å². The van der Waals surface area contributed by atoms with Crippen LogP contribution < -0.4 is 0 Å². The number of ether oxygens (including phenoxy) is 2. The number of rotatable bonds is 1. The van der Waals surface area contributed by atoms with Gasteiger partial charge in [-0.1, -0.05) is 0 Å². The van der Waals surface area contributed by atoms with Crippen molar-refractivity contribution < 1.29 is 29.9 Å². The third kappa shape index (κ3) is 1.58. The van der Waals surface area contributed by atoms with Crippen molar-refractivity contribution in [2.24, 2.45) is 0 Å². The van der Waals surface area contributed by atoms with Crippen molar-refractivity contribution >= 4 is 0 Å². The van der Waals surface area contributed by atoms with Crippen LogP contribution in [0.3, 0.4) is 0 Å². The van der Waals surface area contributed by atoms with Crippen molar-refractivity contribution in [3.63, 3.8) is 0 Å². The lowest BCUT2D eigenvalue weighted by atomic mass is 10.0. The predicted octanol–water partition coefficient (Wildman–Crippen LogP) is -2.61. The molecule has 1 saturated heterocycles. The van der Waals surface area contributed by atoms with Gasteiger partial charge in [0, 0.05) is 7.11 Å². The van der Waals surface area contributed by atoms with Crippen molar-refractivity contribution in [3.8, 4) is 0 Å². The summed E-state index contributed by atoms with van der Waals surface area (Å²) in [5.74, 6) is 0. The van der Waals surface area contributed by atoms with E-state index in [1.54, 1.807) is 0 Å². The van der Waals surface area contributed by atoms with Gasteiger partial charge in [-0.15, -0.1) is 0 Å². The summed E-state index contributed by atoms with van der Waals surface area (Å²) in [5, 5.41) is 36.2. The molecule has 1 aliphatic heterocycles. The average Bonchev–Trinajstić information content (AvgIpc) is 2.08. The van der Waals surface area contributed by atoms with Gasteiger partial charge in [0.25, 0.3) is 0 Å². The summed E-state index contributed by atoms with van der Waals surface area (Å²) in [6.45, 7) is 0. The molecule has 0 radical (unpaired) electrons. The minimum absolute atomic E-state index is 1.11. The highest BCUT2D eigenvalue weighted by atomic mass is 16.7. The van der Waals surface area contributed by atoms with Crippen molar-refractivity contribution in [2.75, 3.05) is 7.11 Å². The molecule has 12 heavy (non-hydrogen) atoms. The lowest BCUT2D eigenvalue weighted by Crippen LogP contribution is -2.57. The van der Waals surface area contributed by atoms with Crippen LogP contribution in [0, 0.1) is 0 Å². The number of aliphatic hydroxyl groups excluding tert-OH is 4. The van der Waals surface area contributed by atoms with Crippen LogP contribution in [0.2, 0.25) is 0 Å². The van der Waals surface area contributed by atoms with Crippen LogP contribution in [-0.4, -0.2) is 58.4 Å². The second-order valence-corrected chi connectivity index (χ2v) is 2.60. The quantitative estimate of drug-likeness (QED) is 0.353. The molecule has 1 heterocycles. The number of hydrogen-bond donors (Lipinski definition) is 4. The van der Waals surface area contributed by atoms with Gasteiger partial charge in [-0.25, -0.2) is 0 Å². The molecule has 0 saturated carbocycles. The molecule has 1 fully saturated rings. The zero-order valence-electron chi connectivity index (χ0n) is 6.49. The average molecular weight is 180 g/mol. The molecule has 4 N–H and O–H groups in total. The Labute approximate surface area is 69.0 Å². The van der Waals surface area contributed by atoms with Crippen molar-refractivity contribution in [3.05, 3.63) is 0 Å². The van der Waals surface area contributed by atoms with Crippen molar-refractivity contribution in [1.29, 1.82) is 0 Å². The molecule has 0 bridgehead atoms. The van der Waals surface area contributed by atoms with E-state index in [9.17, 15) is 0 Å². The molecule has 0 aliphatic carbocycles. The Kier molecular flexibility index (Phi) is 2.99. The summed E-state index contributed by atoms with van der Waals surface area (Å²) in [6.07, 6.45) is -6.97. The van der Waals surface area contributed by atoms with E-state index in [2.05, 4.69) is 9.47 Å². The zero-order chi connectivity index (χ0) is 9.30. The molecule has 0 amide bonds. The van der Waals surface area contributed by atoms with Crippen LogP contribution in [0.15, 0.2) is 0 Å². The minimum Gasteiger partial charge on any atom is -0.387 e. The number of methoxy groups -OCH3 is 1. The maximum absolute atomic E-state index is 9.15. The van der Waals surface area contributed by atoms with E-state index in [0.717, 1.165) is 0 Å². The Bertz CT molecular complexity index is 146. The summed E-state index contributed by atoms with van der Waals surface area (Å²) in [6, 6.07) is 0. The molecule has 0 aromatic heterocycles. The second kappa shape index (κ2) is 3.65. The Morgan fingerprint density at radius 1 is 1.00 bits per heavy atom. The fraction of sp³-hybridized carbons (Fsp3) is 1.00. The van der Waals surface area contributed by atoms with Gasteiger partial charge in [-0.3, -0.25) is 0 Å². The SMILES string of the molecule is COC1OC(O)C(O)C(O)C1O. The zero-order valence-corrected chi connectivity index (χ0v) is 6.49. The van der Waals surface area contributed by atoms with Crippen molar-refractivity contribution in [2.45, 2.75) is 30.9 Å². The van der Waals surface area contributed by atoms with Crippen LogP contribution in [0.1, 0.15) is 0 Å². The number of hydrogen-bond acceptors (Lipinski definition) is 6. The lowest BCUT2D eigenvalue weighted by Gasteiger charge is -2.37. The molecular weight excluding hydrogens is 168 g/mol. The van der Waals surface area contributed by atoms with Gasteiger partial charge in [0.1, 0.15) is 18.3 Å². The van der Waals surface area contributed by atoms with E-state index in [-0.39, 0.29) is 0 Å². The fourth-order valence-corrected chi connectivity index (χ4v) is 1.03. The van der Waals surface area contributed by atoms with Crippen LogP contribution in [-0.2, 0) is 9.47 Å². The van der Waals surface area contributed by atoms with Gasteiger partial charge >= 0.3 is 0 Å². The topological polar surface area (TPSA) is 99.4 Å². The van der Waals surface area contributed by atoms with E-state index in [1.807, 2.05) is 0 Å². The Hall–Kier alpha value is -0.240. The second-order valence-electron chi connectivity index (χ2n) is 2.60. The molecule has 72 valence electrons. The van der Waals surface area contributed by atoms with Gasteiger partial charge in [0.2, 0.25) is 0 Å². The first-order valence-corrected chi connectivity index (χ1v) is 3.48. The van der Waals surface area contributed by atoms with E-state index in [4.69, 9.17) is 20.4 Å². The van der Waals surface area contributed by atoms with Gasteiger partial charge in [-0.2, -0.15) is 0 Å². The van der Waals surface area contributed by atoms with Gasteiger partial charge in [0.15, 0.2) is 12.6 Å². The molecule has 1 aliphatic rings. The Morgan fingerprint density at radius 2 is 1.58 bits per heavy atom. The highest BCUT2D eigenvalue weighted by molar-refractivity contribution is 4.84. The summed E-state index contributed by atoms with van der Waals surface area (Å²) < 4.78 is 9.19. The highest BCUT2D eigenvalue weighted by Gasteiger charge is 2.43. The summed E-state index contributed by atoms with van der Waals surface area (Å²) in [5.41, 5.74) is 0. The highest BCUT2D eigenvalue weighted by Crippen LogP contribution is 2.19. The standard InChI is InChI=1S/C6H12O6/c1-11-6-4(9)2(7)3(8)5(10)12-6/h2-10H,1H3. The molecule has 5 unspecified atom stereocenters. The van der Waals surface area contributed by atoms with Crippen LogP contribution in [0.5, 0.6) is 0 Å². The van der Waals surface area contributed by atoms with E-state index < -0.39 is 30.9 Å². The van der Waals surface area contributed by atoms with E-state index in [1.165, 1.54) is 7.11 Å². The predicted molar refractivity (Wildman–Crippen MR) is 35.9 cm³/mol. The van der Waals surface area contributed by atoms with Gasteiger partial charge in [-0.05, 0) is 0 Å². The Morgan fingerprint density at radius 3 is 2.08 bits per heavy atom. The summed E-state index contributed by atoms with van der Waals surface area (Å²) in [4.78, 5) is 0. The normalized spacial score (nSPS) is 49.2. The van der Waals surface area contributed by atoms with E-state index in [0.29, 0.717) is 0 Å². The first-order chi connectivity index (χ1) is 5.57. The summed E-state index contributed by atoms with van der Waals surface area (Å²) in [7, 11) is 1.25. The molecule has 1 rings (SSSR count). The molecule has 0 spiro atoms. The monoisotopic (exact) mass is 180 g/mol. The lowest BCUT2D eigenvalue weighted by molar-refractivity contribution is -0.334. The first kappa shape index (κ1) is 9.85. The molecule has 6 nitrogen and oxygen atoms in total. The first-order valence-electron chi connectivity index (χ1n) is 3.48. The van der Waals surface area contributed by atoms with Crippen molar-refractivity contribution in [1.82, 2.24) is 0 Å². The third-order valence-corrected chi connectivity index (χ3v) is 1.78. The Balaban J connectivity index is 2.63. The third-order valence-electron chi connectivity index (χ3n) is 1.78. The van der Waals surface area contributed by atoms with Crippen LogP contribution in [0.25, 0.3) is 0 Å². The largest absolute Gasteiger partial charge is 0.387 e. The minimum atomic E-state index is -1.53. The molecule has 0 aromatic rings. The molecular formula is C6H12O6. The summed E-state index contributed by atoms with van der Waals surface area (Å²) >= 11 is 0. The van der Waals surface area contributed by atoms with Crippen LogP contribution >= 0.6 is 0 Å². The van der Waals surface area contributed by atoms with Crippen LogP contribution in [0.4, 0.5) is 0 Å². The maximum atomic E-state index is 9.15. The fourth-order valence-electron chi connectivity index (χ4n) is 1.03. The van der Waals surface area contributed by atoms with E-state index >= 15 is 0 Å². The maximum Gasteiger partial charge on any atom is 0.188 e.